The monoisotopic (exact) mass is 260 g/mol. The molecule has 0 aliphatic rings. The Morgan fingerprint density at radius 3 is 1.22 bits per heavy atom. The van der Waals surface area contributed by atoms with E-state index in [-0.39, 0.29) is 24.1 Å². The van der Waals surface area contributed by atoms with Gasteiger partial charge in [0.2, 0.25) is 0 Å². The lowest BCUT2D eigenvalue weighted by Gasteiger charge is -2.05. The molecule has 0 aliphatic carbocycles. The smallest absolute Gasteiger partial charge is 0.306 e. The second kappa shape index (κ2) is 12.4. The Labute approximate surface area is 111 Å². The van der Waals surface area contributed by atoms with Gasteiger partial charge < -0.3 is 9.47 Å². The van der Waals surface area contributed by atoms with E-state index in [0.29, 0.717) is 12.8 Å². The summed E-state index contributed by atoms with van der Waals surface area (Å²) in [4.78, 5) is 21.3. The van der Waals surface area contributed by atoms with E-state index in [0.717, 1.165) is 12.8 Å². The van der Waals surface area contributed by atoms with E-state index in [9.17, 15) is 9.59 Å². The van der Waals surface area contributed by atoms with Crippen molar-refractivity contribution in [2.24, 2.45) is 0 Å². The Bertz CT molecular complexity index is 198. The predicted octanol–water partition coefficient (Wildman–Crippen LogP) is 3.48. The van der Waals surface area contributed by atoms with E-state index in [1.54, 1.807) is 0 Å². The molecule has 4 nitrogen and oxygen atoms in total. The van der Waals surface area contributed by atoms with Crippen LogP contribution in [0.5, 0.6) is 0 Å². The minimum Gasteiger partial charge on any atom is -0.463 e. The average molecular weight is 260 g/mol. The van der Waals surface area contributed by atoms with Crippen molar-refractivity contribution in [3.63, 3.8) is 0 Å². The molecule has 0 aromatic rings. The van der Waals surface area contributed by atoms with Crippen LogP contribution in [-0.4, -0.2) is 24.1 Å². The van der Waals surface area contributed by atoms with E-state index < -0.39 is 0 Å². The molecule has 0 heterocycles. The van der Waals surface area contributed by atoms with Crippen molar-refractivity contribution in [1.29, 1.82) is 0 Å². The first-order chi connectivity index (χ1) is 8.33. The molecule has 0 saturated heterocycles. The molecule has 4 heteroatoms. The molecule has 0 rings (SSSR count). The summed E-state index contributed by atoms with van der Waals surface area (Å²) in [6.45, 7) is 11.3. The van der Waals surface area contributed by atoms with Gasteiger partial charge in [0.25, 0.3) is 0 Å². The molecular formula is C14H28O4. The number of hydrogen-bond donors (Lipinski definition) is 0. The summed E-state index contributed by atoms with van der Waals surface area (Å²) in [5.74, 6) is -0.181. The largest absolute Gasteiger partial charge is 0.463 e. The number of carbonyl (C=O) groups excluding carboxylic acids is 2. The van der Waals surface area contributed by atoms with Crippen LogP contribution in [0.1, 0.15) is 67.2 Å². The molecule has 0 unspecified atom stereocenters. The fraction of sp³-hybridized carbons (Fsp3) is 0.857. The van der Waals surface area contributed by atoms with Gasteiger partial charge in [-0.05, 0) is 40.5 Å². The van der Waals surface area contributed by atoms with Gasteiger partial charge in [0, 0.05) is 12.8 Å². The van der Waals surface area contributed by atoms with E-state index in [1.807, 2.05) is 41.5 Å². The molecule has 0 radical (unpaired) electrons. The van der Waals surface area contributed by atoms with E-state index >= 15 is 0 Å². The second-order valence-corrected chi connectivity index (χ2v) is 4.58. The van der Waals surface area contributed by atoms with Gasteiger partial charge in [-0.3, -0.25) is 9.59 Å². The number of ether oxygens (including phenoxy) is 2. The highest BCUT2D eigenvalue weighted by molar-refractivity contribution is 5.69. The lowest BCUT2D eigenvalue weighted by Crippen LogP contribution is -2.10. The first kappa shape index (κ1) is 19.3. The molecule has 18 heavy (non-hydrogen) atoms. The van der Waals surface area contributed by atoms with Crippen molar-refractivity contribution in [1.82, 2.24) is 0 Å². The molecule has 0 N–H and O–H groups in total. The van der Waals surface area contributed by atoms with Gasteiger partial charge in [0.1, 0.15) is 0 Å². The Kier molecular flexibility index (Phi) is 13.3. The second-order valence-electron chi connectivity index (χ2n) is 4.58. The van der Waals surface area contributed by atoms with Crippen molar-refractivity contribution in [2.75, 3.05) is 0 Å². The predicted molar refractivity (Wildman–Crippen MR) is 72.3 cm³/mol. The molecule has 0 aromatic carbocycles. The molecular weight excluding hydrogens is 232 g/mol. The summed E-state index contributed by atoms with van der Waals surface area (Å²) < 4.78 is 9.70. The third-order valence-corrected chi connectivity index (χ3v) is 1.64. The highest BCUT2D eigenvalue weighted by Crippen LogP contribution is 1.95. The minimum atomic E-state index is -0.0903. The Morgan fingerprint density at radius 2 is 1.06 bits per heavy atom. The SMILES string of the molecule is CCCC(=O)OC(C)C.CCCC(=O)OC(C)C. The van der Waals surface area contributed by atoms with E-state index in [4.69, 9.17) is 9.47 Å². The molecule has 0 amide bonds. The number of esters is 2. The van der Waals surface area contributed by atoms with Crippen molar-refractivity contribution < 1.29 is 19.1 Å². The van der Waals surface area contributed by atoms with Crippen LogP contribution >= 0.6 is 0 Å². The number of rotatable bonds is 6. The fourth-order valence-corrected chi connectivity index (χ4v) is 1.05. The van der Waals surface area contributed by atoms with Gasteiger partial charge in [-0.2, -0.15) is 0 Å². The highest BCUT2D eigenvalue weighted by atomic mass is 16.5. The van der Waals surface area contributed by atoms with Crippen LogP contribution < -0.4 is 0 Å². The summed E-state index contributed by atoms with van der Waals surface area (Å²) in [6.07, 6.45) is 2.88. The zero-order valence-corrected chi connectivity index (χ0v) is 12.6. The van der Waals surface area contributed by atoms with Crippen LogP contribution in [0.25, 0.3) is 0 Å². The van der Waals surface area contributed by atoms with Crippen LogP contribution in [0.3, 0.4) is 0 Å². The van der Waals surface area contributed by atoms with Crippen LogP contribution in [0, 0.1) is 0 Å². The summed E-state index contributed by atoms with van der Waals surface area (Å²) in [6, 6.07) is 0. The Hall–Kier alpha value is -1.06. The Morgan fingerprint density at radius 1 is 0.778 bits per heavy atom. The third kappa shape index (κ3) is 17.3. The molecule has 108 valence electrons. The maximum Gasteiger partial charge on any atom is 0.306 e. The molecule has 0 saturated carbocycles. The minimum absolute atomic E-state index is 0.0315. The van der Waals surface area contributed by atoms with Crippen molar-refractivity contribution in [2.45, 2.75) is 79.4 Å². The zero-order chi connectivity index (χ0) is 14.6. The molecule has 0 bridgehead atoms. The van der Waals surface area contributed by atoms with Gasteiger partial charge >= 0.3 is 11.9 Å². The third-order valence-electron chi connectivity index (χ3n) is 1.64. The topological polar surface area (TPSA) is 52.6 Å². The first-order valence-electron chi connectivity index (χ1n) is 6.72. The fourth-order valence-electron chi connectivity index (χ4n) is 1.05. The summed E-state index contributed by atoms with van der Waals surface area (Å²) in [7, 11) is 0. The maximum absolute atomic E-state index is 10.6. The van der Waals surface area contributed by atoms with Gasteiger partial charge in [-0.15, -0.1) is 0 Å². The van der Waals surface area contributed by atoms with Crippen LogP contribution in [0.15, 0.2) is 0 Å². The van der Waals surface area contributed by atoms with Gasteiger partial charge in [-0.1, -0.05) is 13.8 Å². The van der Waals surface area contributed by atoms with E-state index in [2.05, 4.69) is 0 Å². The normalized spacial score (nSPS) is 9.78. The molecule has 0 spiro atoms. The average Bonchev–Trinajstić information content (AvgIpc) is 2.16. The maximum atomic E-state index is 10.6. The van der Waals surface area contributed by atoms with Crippen molar-refractivity contribution >= 4 is 11.9 Å². The molecule has 0 fully saturated rings. The highest BCUT2D eigenvalue weighted by Gasteiger charge is 2.02. The quantitative estimate of drug-likeness (QED) is 0.686. The van der Waals surface area contributed by atoms with Crippen LogP contribution in [0.4, 0.5) is 0 Å². The lowest BCUT2D eigenvalue weighted by atomic mass is 10.3. The van der Waals surface area contributed by atoms with Crippen LogP contribution in [0.2, 0.25) is 0 Å². The van der Waals surface area contributed by atoms with Gasteiger partial charge in [0.05, 0.1) is 12.2 Å². The van der Waals surface area contributed by atoms with E-state index in [1.165, 1.54) is 0 Å². The zero-order valence-electron chi connectivity index (χ0n) is 12.6. The Balaban J connectivity index is 0. The van der Waals surface area contributed by atoms with Gasteiger partial charge in [-0.25, -0.2) is 0 Å². The number of carbonyl (C=O) groups is 2. The van der Waals surface area contributed by atoms with Crippen molar-refractivity contribution in [3.8, 4) is 0 Å². The summed E-state index contributed by atoms with van der Waals surface area (Å²) >= 11 is 0. The summed E-state index contributed by atoms with van der Waals surface area (Å²) in [5.41, 5.74) is 0. The van der Waals surface area contributed by atoms with Crippen molar-refractivity contribution in [3.05, 3.63) is 0 Å². The standard InChI is InChI=1S/2C7H14O2/c2*1-4-5-7(8)9-6(2)3/h2*6H,4-5H2,1-3H3. The molecule has 0 aromatic heterocycles. The molecule has 0 atom stereocenters. The molecule has 0 aliphatic heterocycles. The van der Waals surface area contributed by atoms with Gasteiger partial charge in [0.15, 0.2) is 0 Å². The van der Waals surface area contributed by atoms with Crippen LogP contribution in [-0.2, 0) is 19.1 Å². The lowest BCUT2D eigenvalue weighted by molar-refractivity contribution is -0.148. The number of hydrogen-bond acceptors (Lipinski definition) is 4. The first-order valence-corrected chi connectivity index (χ1v) is 6.72. The summed E-state index contributed by atoms with van der Waals surface area (Å²) in [5, 5.41) is 0.